The maximum atomic E-state index is 12.8. The Kier molecular flexibility index (Phi) is 5.28. The molecule has 10 heteroatoms. The van der Waals surface area contributed by atoms with Crippen LogP contribution in [-0.2, 0) is 27.4 Å². The summed E-state index contributed by atoms with van der Waals surface area (Å²) in [6.45, 7) is 0. The first-order chi connectivity index (χ1) is 11.5. The average molecular weight is 393 g/mol. The maximum absolute atomic E-state index is 12.8. The van der Waals surface area contributed by atoms with Crippen molar-refractivity contribution in [3.05, 3.63) is 58.6 Å². The number of anilines is 1. The third kappa shape index (κ3) is 4.86. The zero-order valence-electron chi connectivity index (χ0n) is 12.3. The minimum absolute atomic E-state index is 0.0376. The van der Waals surface area contributed by atoms with E-state index in [4.69, 9.17) is 11.6 Å². The zero-order chi connectivity index (χ0) is 18.8. The van der Waals surface area contributed by atoms with E-state index in [9.17, 15) is 31.5 Å². The fourth-order valence-corrected chi connectivity index (χ4v) is 3.54. The normalized spacial score (nSPS) is 12.0. The standard InChI is InChI=1S/C15H11ClF3NO4S/c16-12-6-3-10(15(17,18)19)8-13(12)25(23,24)20-11-4-1-9(2-5-11)7-14(21)22/h1-6,8,20H,7H2,(H,21,22)/p-1. The summed E-state index contributed by atoms with van der Waals surface area (Å²) >= 11 is 5.72. The first-order valence-electron chi connectivity index (χ1n) is 6.67. The van der Waals surface area contributed by atoms with Gasteiger partial charge in [-0.05, 0) is 35.9 Å². The van der Waals surface area contributed by atoms with Crippen LogP contribution in [0.2, 0.25) is 5.02 Å². The van der Waals surface area contributed by atoms with Crippen LogP contribution >= 0.6 is 11.6 Å². The number of benzene rings is 2. The van der Waals surface area contributed by atoms with Crippen LogP contribution in [-0.4, -0.2) is 14.4 Å². The quantitative estimate of drug-likeness (QED) is 0.846. The number of carboxylic acids is 1. The van der Waals surface area contributed by atoms with E-state index in [0.717, 1.165) is 6.07 Å². The number of alkyl halides is 3. The Balaban J connectivity index is 2.32. The van der Waals surface area contributed by atoms with E-state index >= 15 is 0 Å². The van der Waals surface area contributed by atoms with E-state index < -0.39 is 32.6 Å². The van der Waals surface area contributed by atoms with Gasteiger partial charge in [0.05, 0.1) is 10.6 Å². The number of hydrogen-bond acceptors (Lipinski definition) is 4. The topological polar surface area (TPSA) is 86.3 Å². The Morgan fingerprint density at radius 3 is 2.24 bits per heavy atom. The lowest BCUT2D eigenvalue weighted by atomic mass is 10.1. The number of carbonyl (C=O) groups is 1. The van der Waals surface area contributed by atoms with Gasteiger partial charge in [0.1, 0.15) is 4.90 Å². The number of halogens is 4. The molecule has 5 nitrogen and oxygen atoms in total. The van der Waals surface area contributed by atoms with Crippen LogP contribution < -0.4 is 9.83 Å². The van der Waals surface area contributed by atoms with E-state index in [1.54, 1.807) is 0 Å². The van der Waals surface area contributed by atoms with Crippen LogP contribution in [0.4, 0.5) is 18.9 Å². The molecule has 0 aliphatic rings. The van der Waals surface area contributed by atoms with E-state index in [-0.39, 0.29) is 17.1 Å². The number of carbonyl (C=O) groups excluding carboxylic acids is 1. The third-order valence-corrected chi connectivity index (χ3v) is 4.97. The molecule has 2 rings (SSSR count). The van der Waals surface area contributed by atoms with Crippen LogP contribution in [0.5, 0.6) is 0 Å². The number of nitrogens with one attached hydrogen (secondary N) is 1. The first kappa shape index (κ1) is 19.1. The highest BCUT2D eigenvalue weighted by molar-refractivity contribution is 7.92. The van der Waals surface area contributed by atoms with Crippen molar-refractivity contribution in [1.82, 2.24) is 0 Å². The van der Waals surface area contributed by atoms with Gasteiger partial charge in [-0.25, -0.2) is 8.42 Å². The van der Waals surface area contributed by atoms with Gasteiger partial charge in [0.2, 0.25) is 0 Å². The highest BCUT2D eigenvalue weighted by Crippen LogP contribution is 2.33. The summed E-state index contributed by atoms with van der Waals surface area (Å²) in [6.07, 6.45) is -5.08. The molecule has 25 heavy (non-hydrogen) atoms. The molecule has 0 aliphatic heterocycles. The fourth-order valence-electron chi connectivity index (χ4n) is 1.95. The molecular weight excluding hydrogens is 383 g/mol. The highest BCUT2D eigenvalue weighted by Gasteiger charge is 2.32. The Hall–Kier alpha value is -2.26. The Morgan fingerprint density at radius 1 is 1.12 bits per heavy atom. The van der Waals surface area contributed by atoms with Gasteiger partial charge in [-0.2, -0.15) is 13.2 Å². The molecule has 0 spiro atoms. The van der Waals surface area contributed by atoms with Crippen molar-refractivity contribution in [1.29, 1.82) is 0 Å². The predicted molar refractivity (Wildman–Crippen MR) is 82.4 cm³/mol. The van der Waals surface area contributed by atoms with Crippen LogP contribution in [0.25, 0.3) is 0 Å². The molecule has 0 heterocycles. The summed E-state index contributed by atoms with van der Waals surface area (Å²) < 4.78 is 64.9. The first-order valence-corrected chi connectivity index (χ1v) is 8.53. The molecule has 0 atom stereocenters. The summed E-state index contributed by atoms with van der Waals surface area (Å²) in [7, 11) is -4.37. The van der Waals surface area contributed by atoms with Gasteiger partial charge < -0.3 is 9.90 Å². The second kappa shape index (κ2) is 6.93. The Labute approximate surface area is 146 Å². The predicted octanol–water partition coefficient (Wildman–Crippen LogP) is 2.45. The molecule has 0 unspecified atom stereocenters. The van der Waals surface area contributed by atoms with Crippen molar-refractivity contribution >= 4 is 33.3 Å². The van der Waals surface area contributed by atoms with Crippen molar-refractivity contribution in [3.8, 4) is 0 Å². The number of sulfonamides is 1. The molecule has 0 bridgehead atoms. The molecule has 134 valence electrons. The van der Waals surface area contributed by atoms with Gasteiger partial charge in [-0.15, -0.1) is 0 Å². The summed E-state index contributed by atoms with van der Waals surface area (Å²) in [5, 5.41) is 10.1. The molecule has 0 aliphatic carbocycles. The largest absolute Gasteiger partial charge is 0.550 e. The van der Waals surface area contributed by atoms with Crippen molar-refractivity contribution in [2.45, 2.75) is 17.5 Å². The van der Waals surface area contributed by atoms with E-state index in [1.807, 2.05) is 0 Å². The minimum Gasteiger partial charge on any atom is -0.550 e. The van der Waals surface area contributed by atoms with Crippen molar-refractivity contribution in [2.24, 2.45) is 0 Å². The summed E-state index contributed by atoms with van der Waals surface area (Å²) in [4.78, 5) is 9.77. The van der Waals surface area contributed by atoms with Gasteiger partial charge >= 0.3 is 6.18 Å². The zero-order valence-corrected chi connectivity index (χ0v) is 13.9. The van der Waals surface area contributed by atoms with E-state index in [2.05, 4.69) is 4.72 Å². The molecule has 0 saturated carbocycles. The van der Waals surface area contributed by atoms with Crippen molar-refractivity contribution in [3.63, 3.8) is 0 Å². The van der Waals surface area contributed by atoms with Crippen molar-refractivity contribution in [2.75, 3.05) is 4.72 Å². The molecule has 1 N–H and O–H groups in total. The molecule has 0 amide bonds. The SMILES string of the molecule is O=C([O-])Cc1ccc(NS(=O)(=O)c2cc(C(F)(F)F)ccc2Cl)cc1. The second-order valence-corrected chi connectivity index (χ2v) is 7.05. The van der Waals surface area contributed by atoms with E-state index in [0.29, 0.717) is 17.7 Å². The lowest BCUT2D eigenvalue weighted by Crippen LogP contribution is -2.24. The maximum Gasteiger partial charge on any atom is 0.416 e. The minimum atomic E-state index is -4.72. The lowest BCUT2D eigenvalue weighted by molar-refractivity contribution is -0.304. The van der Waals surface area contributed by atoms with Gasteiger partial charge in [0.25, 0.3) is 10.0 Å². The molecule has 2 aromatic carbocycles. The van der Waals surface area contributed by atoms with Crippen LogP contribution in [0.1, 0.15) is 11.1 Å². The van der Waals surface area contributed by atoms with Crippen molar-refractivity contribution < 1.29 is 31.5 Å². The number of carboxylic acid groups (broad SMARTS) is 1. The van der Waals surface area contributed by atoms with Gasteiger partial charge in [-0.1, -0.05) is 23.7 Å². The Morgan fingerprint density at radius 2 is 1.72 bits per heavy atom. The summed E-state index contributed by atoms with van der Waals surface area (Å²) in [5.74, 6) is -1.30. The molecule has 0 radical (unpaired) electrons. The van der Waals surface area contributed by atoms with Crippen LogP contribution in [0.3, 0.4) is 0 Å². The second-order valence-electron chi connectivity index (χ2n) is 4.99. The van der Waals surface area contributed by atoms with Gasteiger partial charge in [0, 0.05) is 18.1 Å². The highest BCUT2D eigenvalue weighted by atomic mass is 35.5. The smallest absolute Gasteiger partial charge is 0.416 e. The van der Waals surface area contributed by atoms with Gasteiger partial charge in [0.15, 0.2) is 0 Å². The Bertz CT molecular complexity index is 896. The van der Waals surface area contributed by atoms with Gasteiger partial charge in [-0.3, -0.25) is 4.72 Å². The number of hydrogen-bond donors (Lipinski definition) is 1. The molecule has 0 fully saturated rings. The lowest BCUT2D eigenvalue weighted by Gasteiger charge is -2.13. The van der Waals surface area contributed by atoms with E-state index in [1.165, 1.54) is 24.3 Å². The average Bonchev–Trinajstić information content (AvgIpc) is 2.47. The fraction of sp³-hybridized carbons (Fsp3) is 0.133. The monoisotopic (exact) mass is 392 g/mol. The number of aliphatic carboxylic acids is 1. The number of rotatable bonds is 5. The van der Waals surface area contributed by atoms with Crippen LogP contribution in [0.15, 0.2) is 47.4 Å². The summed E-state index contributed by atoms with van der Waals surface area (Å²) in [6, 6.07) is 7.21. The molecule has 2 aromatic rings. The summed E-state index contributed by atoms with van der Waals surface area (Å²) in [5.41, 5.74) is -0.739. The molecule has 0 saturated heterocycles. The third-order valence-electron chi connectivity index (χ3n) is 3.10. The molecule has 0 aromatic heterocycles. The molecular formula is C15H10ClF3NO4S-. The van der Waals surface area contributed by atoms with Crippen LogP contribution in [0, 0.1) is 0 Å².